The Labute approximate surface area is 192 Å². The van der Waals surface area contributed by atoms with Gasteiger partial charge in [0.05, 0.1) is 35.2 Å². The molecule has 0 aliphatic rings. The van der Waals surface area contributed by atoms with Gasteiger partial charge < -0.3 is 19.7 Å². The van der Waals surface area contributed by atoms with Crippen LogP contribution in [0.4, 0.5) is 13.2 Å². The molecule has 0 fully saturated rings. The number of nitrogens with zero attached hydrogens (tertiary/aromatic N) is 2. The number of alkyl halides is 3. The van der Waals surface area contributed by atoms with Crippen LogP contribution in [0.2, 0.25) is 0 Å². The highest BCUT2D eigenvalue weighted by Gasteiger charge is 2.33. The molecule has 7 nitrogen and oxygen atoms in total. The fraction of sp³-hybridized carbons (Fsp3) is 0.208. The number of aliphatic hydroxyl groups is 2. The Bertz CT molecular complexity index is 1210. The second-order valence-electron chi connectivity index (χ2n) is 7.03. The minimum Gasteiger partial charge on any atom is -0.464 e. The molecule has 0 aliphatic carbocycles. The summed E-state index contributed by atoms with van der Waals surface area (Å²) in [5.74, 6) is -0.596. The summed E-state index contributed by atoms with van der Waals surface area (Å²) in [6.45, 7) is 1.62. The van der Waals surface area contributed by atoms with Gasteiger partial charge in [-0.05, 0) is 61.5 Å². The summed E-state index contributed by atoms with van der Waals surface area (Å²) in [4.78, 5) is 15.9. The van der Waals surface area contributed by atoms with Gasteiger partial charge in [0.25, 0.3) is 0 Å². The molecule has 0 spiro atoms. The van der Waals surface area contributed by atoms with E-state index in [0.29, 0.717) is 17.0 Å². The van der Waals surface area contributed by atoms with Crippen LogP contribution in [0.25, 0.3) is 11.3 Å². The van der Waals surface area contributed by atoms with E-state index < -0.39 is 35.5 Å². The maximum atomic E-state index is 12.9. The van der Waals surface area contributed by atoms with Crippen molar-refractivity contribution in [3.8, 4) is 28.8 Å². The van der Waals surface area contributed by atoms with Gasteiger partial charge in [-0.15, -0.1) is 0 Å². The molecule has 0 bridgehead atoms. The Morgan fingerprint density at radius 1 is 1.09 bits per heavy atom. The fourth-order valence-electron chi connectivity index (χ4n) is 3.05. The number of carbonyl (C=O) groups excluding carboxylic acids is 1. The summed E-state index contributed by atoms with van der Waals surface area (Å²) in [6.07, 6.45) is -8.02. The largest absolute Gasteiger partial charge is 0.464 e. The Morgan fingerprint density at radius 2 is 1.76 bits per heavy atom. The number of benzene rings is 2. The van der Waals surface area contributed by atoms with E-state index in [4.69, 9.17) is 14.7 Å². The van der Waals surface area contributed by atoms with Crippen molar-refractivity contribution < 1.29 is 37.7 Å². The van der Waals surface area contributed by atoms with Crippen LogP contribution >= 0.6 is 0 Å². The molecule has 0 saturated heterocycles. The third kappa shape index (κ3) is 5.70. The number of carbonyl (C=O) groups is 1. The van der Waals surface area contributed by atoms with E-state index >= 15 is 0 Å². The number of nitriles is 1. The lowest BCUT2D eigenvalue weighted by Gasteiger charge is -2.16. The number of aromatic nitrogens is 1. The number of esters is 1. The van der Waals surface area contributed by atoms with Crippen molar-refractivity contribution in [3.05, 3.63) is 77.5 Å². The van der Waals surface area contributed by atoms with Gasteiger partial charge in [0, 0.05) is 5.56 Å². The molecule has 34 heavy (non-hydrogen) atoms. The smallest absolute Gasteiger partial charge is 0.417 e. The van der Waals surface area contributed by atoms with Gasteiger partial charge in [-0.3, -0.25) is 0 Å². The maximum Gasteiger partial charge on any atom is 0.417 e. The van der Waals surface area contributed by atoms with Gasteiger partial charge in [-0.25, -0.2) is 9.78 Å². The fourth-order valence-corrected chi connectivity index (χ4v) is 3.05. The van der Waals surface area contributed by atoms with Gasteiger partial charge in [-0.2, -0.15) is 18.4 Å². The van der Waals surface area contributed by atoms with Crippen LogP contribution in [0.1, 0.15) is 29.8 Å². The summed E-state index contributed by atoms with van der Waals surface area (Å²) in [7, 11) is 0. The van der Waals surface area contributed by atoms with E-state index in [2.05, 4.69) is 4.98 Å². The lowest BCUT2D eigenvalue weighted by molar-refractivity contribution is -0.159. The van der Waals surface area contributed by atoms with Crippen LogP contribution < -0.4 is 4.74 Å². The molecule has 176 valence electrons. The number of hydrogen-bond donors (Lipinski definition) is 2. The van der Waals surface area contributed by atoms with Crippen molar-refractivity contribution >= 4 is 5.97 Å². The van der Waals surface area contributed by atoms with Crippen LogP contribution in [-0.2, 0) is 15.7 Å². The molecule has 1 heterocycles. The number of halogens is 3. The standard InChI is InChI=1S/C24H19F3N2O5/c1-2-33-23(32)22(31)21(30)20-5-3-4-19(29-20)14-6-8-16(9-7-14)34-17-10-11-18(24(25,26)27)15(12-17)13-28/h3-12,21-22,30-31H,2H2,1H3/t21-,22+/m0/s1. The van der Waals surface area contributed by atoms with Crippen LogP contribution in [0.3, 0.4) is 0 Å². The van der Waals surface area contributed by atoms with E-state index in [1.807, 2.05) is 0 Å². The predicted molar refractivity (Wildman–Crippen MR) is 114 cm³/mol. The molecule has 1 aromatic heterocycles. The van der Waals surface area contributed by atoms with Crippen LogP contribution in [-0.4, -0.2) is 33.9 Å². The maximum absolute atomic E-state index is 12.9. The van der Waals surface area contributed by atoms with Gasteiger partial charge in [0.15, 0.2) is 6.10 Å². The number of ether oxygens (including phenoxy) is 2. The average molecular weight is 472 g/mol. The Morgan fingerprint density at radius 3 is 2.38 bits per heavy atom. The van der Waals surface area contributed by atoms with E-state index in [1.165, 1.54) is 12.1 Å². The molecule has 3 rings (SSSR count). The number of rotatable bonds is 7. The summed E-state index contributed by atoms with van der Waals surface area (Å²) < 4.78 is 49.1. The van der Waals surface area contributed by atoms with E-state index in [0.717, 1.165) is 18.2 Å². The molecule has 0 saturated carbocycles. The van der Waals surface area contributed by atoms with Crippen molar-refractivity contribution in [1.82, 2.24) is 4.98 Å². The van der Waals surface area contributed by atoms with Crippen LogP contribution in [0, 0.1) is 11.3 Å². The highest BCUT2D eigenvalue weighted by molar-refractivity contribution is 5.75. The highest BCUT2D eigenvalue weighted by Crippen LogP contribution is 2.34. The second-order valence-corrected chi connectivity index (χ2v) is 7.03. The third-order valence-corrected chi connectivity index (χ3v) is 4.70. The predicted octanol–water partition coefficient (Wildman–Crippen LogP) is 4.39. The number of aliphatic hydroxyl groups excluding tert-OH is 2. The number of pyridine rings is 1. The molecule has 2 N–H and O–H groups in total. The molecule has 2 aromatic carbocycles. The van der Waals surface area contributed by atoms with Crippen molar-refractivity contribution in [2.24, 2.45) is 0 Å². The Kier molecular flexibility index (Phi) is 7.50. The minimum atomic E-state index is -4.65. The zero-order valence-corrected chi connectivity index (χ0v) is 17.8. The SMILES string of the molecule is CCOC(=O)[C@H](O)[C@@H](O)c1cccc(-c2ccc(Oc3ccc(C(F)(F)F)c(C#N)c3)cc2)n1. The molecule has 3 aromatic rings. The molecule has 0 amide bonds. The summed E-state index contributed by atoms with van der Waals surface area (Å²) in [5.41, 5.74) is -0.491. The first-order chi connectivity index (χ1) is 16.1. The van der Waals surface area contributed by atoms with Crippen molar-refractivity contribution in [3.63, 3.8) is 0 Å². The zero-order chi connectivity index (χ0) is 24.9. The summed E-state index contributed by atoms with van der Waals surface area (Å²) in [6, 6.07) is 15.5. The zero-order valence-electron chi connectivity index (χ0n) is 17.8. The quantitative estimate of drug-likeness (QED) is 0.491. The molecule has 0 radical (unpaired) electrons. The van der Waals surface area contributed by atoms with Gasteiger partial charge in [-0.1, -0.05) is 6.07 Å². The second kappa shape index (κ2) is 10.3. The average Bonchev–Trinajstić information content (AvgIpc) is 2.83. The normalized spacial score (nSPS) is 13.0. The molecule has 0 unspecified atom stereocenters. The summed E-state index contributed by atoms with van der Waals surface area (Å²) in [5, 5.41) is 29.2. The first-order valence-electron chi connectivity index (χ1n) is 10.0. The van der Waals surface area contributed by atoms with E-state index in [9.17, 15) is 28.2 Å². The van der Waals surface area contributed by atoms with E-state index in [1.54, 1.807) is 43.3 Å². The van der Waals surface area contributed by atoms with Crippen LogP contribution in [0.5, 0.6) is 11.5 Å². The van der Waals surface area contributed by atoms with Gasteiger partial charge in [0.2, 0.25) is 0 Å². The first-order valence-corrected chi connectivity index (χ1v) is 10.0. The van der Waals surface area contributed by atoms with Crippen molar-refractivity contribution in [1.29, 1.82) is 5.26 Å². The van der Waals surface area contributed by atoms with Gasteiger partial charge in [0.1, 0.15) is 17.6 Å². The number of hydrogen-bond acceptors (Lipinski definition) is 7. The molecular formula is C24H19F3N2O5. The molecule has 2 atom stereocenters. The van der Waals surface area contributed by atoms with Gasteiger partial charge >= 0.3 is 12.1 Å². The first kappa shape index (κ1) is 24.7. The Hall–Kier alpha value is -3.94. The third-order valence-electron chi connectivity index (χ3n) is 4.70. The molecular weight excluding hydrogens is 453 g/mol. The van der Waals surface area contributed by atoms with Crippen molar-refractivity contribution in [2.75, 3.05) is 6.61 Å². The topological polar surface area (TPSA) is 113 Å². The molecule has 10 heteroatoms. The minimum absolute atomic E-state index is 0.0504. The lowest BCUT2D eigenvalue weighted by atomic mass is 10.1. The summed E-state index contributed by atoms with van der Waals surface area (Å²) >= 11 is 0. The lowest BCUT2D eigenvalue weighted by Crippen LogP contribution is -2.30. The highest BCUT2D eigenvalue weighted by atomic mass is 19.4. The Balaban J connectivity index is 1.77. The molecule has 0 aliphatic heterocycles. The van der Waals surface area contributed by atoms with Crippen molar-refractivity contribution in [2.45, 2.75) is 25.3 Å². The van der Waals surface area contributed by atoms with E-state index in [-0.39, 0.29) is 18.1 Å². The monoisotopic (exact) mass is 472 g/mol. The van der Waals surface area contributed by atoms with Crippen LogP contribution in [0.15, 0.2) is 60.7 Å².